The summed E-state index contributed by atoms with van der Waals surface area (Å²) in [5, 5.41) is 3.14. The van der Waals surface area contributed by atoms with Crippen molar-refractivity contribution in [3.63, 3.8) is 0 Å². The standard InChI is InChI=1S/C20H23N5O2S/c1-27-16-6-4-14(5-7-16)11-15-12-24-20(25-19(15)26)23-9-10-28-13-18-17(21)3-2-8-22-18/h2-8,12H,9-11,13,21H2,1H3,(H2,23,24,25,26). The summed E-state index contributed by atoms with van der Waals surface area (Å²) in [5.74, 6) is 2.85. The van der Waals surface area contributed by atoms with E-state index in [0.29, 0.717) is 30.2 Å². The van der Waals surface area contributed by atoms with Crippen molar-refractivity contribution in [2.24, 2.45) is 0 Å². The minimum atomic E-state index is -0.137. The number of nitrogens with one attached hydrogen (secondary N) is 2. The third-order valence-corrected chi connectivity index (χ3v) is 5.10. The van der Waals surface area contributed by atoms with E-state index in [2.05, 4.69) is 20.3 Å². The predicted molar refractivity (Wildman–Crippen MR) is 114 cm³/mol. The van der Waals surface area contributed by atoms with Gasteiger partial charge in [-0.15, -0.1) is 0 Å². The Kier molecular flexibility index (Phi) is 6.91. The van der Waals surface area contributed by atoms with Gasteiger partial charge in [-0.3, -0.25) is 14.8 Å². The van der Waals surface area contributed by atoms with Crippen molar-refractivity contribution in [2.75, 3.05) is 30.5 Å². The maximum atomic E-state index is 12.3. The van der Waals surface area contributed by atoms with E-state index in [1.807, 2.05) is 36.4 Å². The van der Waals surface area contributed by atoms with Gasteiger partial charge in [-0.05, 0) is 29.8 Å². The molecule has 0 spiro atoms. The van der Waals surface area contributed by atoms with E-state index in [-0.39, 0.29) is 5.56 Å². The number of rotatable bonds is 9. The number of nitrogen functional groups attached to an aromatic ring is 1. The average Bonchev–Trinajstić information content (AvgIpc) is 2.71. The van der Waals surface area contributed by atoms with E-state index in [4.69, 9.17) is 10.5 Å². The number of anilines is 2. The number of hydrogen-bond donors (Lipinski definition) is 3. The second-order valence-electron chi connectivity index (χ2n) is 6.13. The van der Waals surface area contributed by atoms with E-state index < -0.39 is 0 Å². The van der Waals surface area contributed by atoms with Crippen LogP contribution in [0.25, 0.3) is 0 Å². The summed E-state index contributed by atoms with van der Waals surface area (Å²) in [4.78, 5) is 23.7. The summed E-state index contributed by atoms with van der Waals surface area (Å²) in [6.07, 6.45) is 3.88. The van der Waals surface area contributed by atoms with E-state index >= 15 is 0 Å². The van der Waals surface area contributed by atoms with Crippen molar-refractivity contribution in [3.05, 3.63) is 76.0 Å². The summed E-state index contributed by atoms with van der Waals surface area (Å²) in [6.45, 7) is 0.679. The Morgan fingerprint density at radius 3 is 2.75 bits per heavy atom. The number of nitrogens with zero attached hydrogens (tertiary/aromatic N) is 2. The molecule has 0 atom stereocenters. The number of ether oxygens (including phenoxy) is 1. The molecule has 1 aromatic carbocycles. The zero-order chi connectivity index (χ0) is 19.8. The van der Waals surface area contributed by atoms with Gasteiger partial charge in [0.25, 0.3) is 5.56 Å². The largest absolute Gasteiger partial charge is 0.497 e. The number of aromatic amines is 1. The molecule has 0 aliphatic heterocycles. The molecule has 2 heterocycles. The summed E-state index contributed by atoms with van der Waals surface area (Å²) in [5.41, 5.74) is 8.99. The SMILES string of the molecule is COc1ccc(Cc2cnc(NCCSCc3ncccc3N)[nH]c2=O)cc1. The molecule has 7 nitrogen and oxygen atoms in total. The van der Waals surface area contributed by atoms with Gasteiger partial charge in [0.15, 0.2) is 0 Å². The third kappa shape index (κ3) is 5.50. The fraction of sp³-hybridized carbons (Fsp3) is 0.250. The number of H-pyrrole nitrogens is 1. The molecule has 0 unspecified atom stereocenters. The fourth-order valence-corrected chi connectivity index (χ4v) is 3.41. The van der Waals surface area contributed by atoms with Gasteiger partial charge in [0.05, 0.1) is 18.5 Å². The van der Waals surface area contributed by atoms with Crippen molar-refractivity contribution in [1.29, 1.82) is 0 Å². The van der Waals surface area contributed by atoms with Crippen molar-refractivity contribution in [1.82, 2.24) is 15.0 Å². The maximum Gasteiger partial charge on any atom is 0.255 e. The van der Waals surface area contributed by atoms with Crippen molar-refractivity contribution in [3.8, 4) is 5.75 Å². The molecule has 8 heteroatoms. The zero-order valence-corrected chi connectivity index (χ0v) is 16.5. The number of thioether (sulfide) groups is 1. The number of hydrogen-bond acceptors (Lipinski definition) is 7. The van der Waals surface area contributed by atoms with Gasteiger partial charge in [-0.1, -0.05) is 12.1 Å². The van der Waals surface area contributed by atoms with Gasteiger partial charge < -0.3 is 15.8 Å². The average molecular weight is 398 g/mol. The molecule has 4 N–H and O–H groups in total. The third-order valence-electron chi connectivity index (χ3n) is 4.13. The van der Waals surface area contributed by atoms with Crippen LogP contribution in [0, 0.1) is 0 Å². The van der Waals surface area contributed by atoms with E-state index in [1.54, 1.807) is 31.3 Å². The predicted octanol–water partition coefficient (Wildman–Crippen LogP) is 2.69. The second kappa shape index (κ2) is 9.80. The quantitative estimate of drug-likeness (QED) is 0.477. The molecule has 0 fully saturated rings. The molecular formula is C20H23N5O2S. The van der Waals surface area contributed by atoms with Crippen LogP contribution in [-0.4, -0.2) is 34.4 Å². The van der Waals surface area contributed by atoms with Crippen LogP contribution < -0.4 is 21.3 Å². The maximum absolute atomic E-state index is 12.3. The lowest BCUT2D eigenvalue weighted by molar-refractivity contribution is 0.414. The number of benzene rings is 1. The van der Waals surface area contributed by atoms with Crippen LogP contribution in [0.3, 0.4) is 0 Å². The van der Waals surface area contributed by atoms with E-state index in [1.165, 1.54) is 0 Å². The summed E-state index contributed by atoms with van der Waals surface area (Å²) in [7, 11) is 1.63. The van der Waals surface area contributed by atoms with Crippen LogP contribution in [0.1, 0.15) is 16.8 Å². The molecule has 3 rings (SSSR count). The molecule has 0 bridgehead atoms. The van der Waals surface area contributed by atoms with Crippen molar-refractivity contribution in [2.45, 2.75) is 12.2 Å². The summed E-state index contributed by atoms with van der Waals surface area (Å²) in [6, 6.07) is 11.3. The Labute approximate surface area is 167 Å². The molecule has 0 amide bonds. The van der Waals surface area contributed by atoms with Gasteiger partial charge >= 0.3 is 0 Å². The summed E-state index contributed by atoms with van der Waals surface area (Å²) < 4.78 is 5.14. The monoisotopic (exact) mass is 397 g/mol. The van der Waals surface area contributed by atoms with Gasteiger partial charge in [-0.25, -0.2) is 4.98 Å². The topological polar surface area (TPSA) is 106 Å². The molecule has 0 saturated carbocycles. The Bertz CT molecular complexity index is 959. The minimum absolute atomic E-state index is 0.137. The molecule has 3 aromatic rings. The molecule has 0 aliphatic rings. The van der Waals surface area contributed by atoms with Crippen LogP contribution in [0.15, 0.2) is 53.6 Å². The van der Waals surface area contributed by atoms with Gasteiger partial charge in [0, 0.05) is 42.4 Å². The normalized spacial score (nSPS) is 10.6. The van der Waals surface area contributed by atoms with Crippen LogP contribution in [0.5, 0.6) is 5.75 Å². The highest BCUT2D eigenvalue weighted by molar-refractivity contribution is 7.98. The fourth-order valence-electron chi connectivity index (χ4n) is 2.58. The van der Waals surface area contributed by atoms with E-state index in [0.717, 1.165) is 28.5 Å². The highest BCUT2D eigenvalue weighted by Gasteiger charge is 2.05. The van der Waals surface area contributed by atoms with Crippen LogP contribution in [-0.2, 0) is 12.2 Å². The number of nitrogens with two attached hydrogens (primary N) is 1. The Morgan fingerprint density at radius 1 is 1.21 bits per heavy atom. The van der Waals surface area contributed by atoms with Crippen molar-refractivity contribution < 1.29 is 4.74 Å². The zero-order valence-electron chi connectivity index (χ0n) is 15.6. The summed E-state index contributed by atoms with van der Waals surface area (Å²) >= 11 is 1.72. The molecule has 0 radical (unpaired) electrons. The smallest absolute Gasteiger partial charge is 0.255 e. The highest BCUT2D eigenvalue weighted by atomic mass is 32.2. The lowest BCUT2D eigenvalue weighted by Gasteiger charge is -2.07. The van der Waals surface area contributed by atoms with Crippen molar-refractivity contribution >= 4 is 23.4 Å². The molecule has 0 aliphatic carbocycles. The van der Waals surface area contributed by atoms with Gasteiger partial charge in [0.1, 0.15) is 5.75 Å². The number of aromatic nitrogens is 3. The molecule has 2 aromatic heterocycles. The molecule has 146 valence electrons. The first-order valence-electron chi connectivity index (χ1n) is 8.88. The first-order valence-corrected chi connectivity index (χ1v) is 10.0. The first-order chi connectivity index (χ1) is 13.7. The Hall–Kier alpha value is -3.00. The van der Waals surface area contributed by atoms with Gasteiger partial charge in [-0.2, -0.15) is 11.8 Å². The lowest BCUT2D eigenvalue weighted by atomic mass is 10.1. The minimum Gasteiger partial charge on any atom is -0.497 e. The van der Waals surface area contributed by atoms with Gasteiger partial charge in [0.2, 0.25) is 5.95 Å². The highest BCUT2D eigenvalue weighted by Crippen LogP contribution is 2.16. The molecule has 0 saturated heterocycles. The second-order valence-corrected chi connectivity index (χ2v) is 7.23. The van der Waals surface area contributed by atoms with Crippen LogP contribution >= 0.6 is 11.8 Å². The number of pyridine rings is 1. The lowest BCUT2D eigenvalue weighted by Crippen LogP contribution is -2.18. The van der Waals surface area contributed by atoms with Crippen LogP contribution in [0.2, 0.25) is 0 Å². The Balaban J connectivity index is 1.47. The molecular weight excluding hydrogens is 374 g/mol. The van der Waals surface area contributed by atoms with E-state index in [9.17, 15) is 4.79 Å². The number of methoxy groups -OCH3 is 1. The Morgan fingerprint density at radius 2 is 2.04 bits per heavy atom. The molecule has 28 heavy (non-hydrogen) atoms. The van der Waals surface area contributed by atoms with Crippen LogP contribution in [0.4, 0.5) is 11.6 Å². The first kappa shape index (κ1) is 19.8.